The van der Waals surface area contributed by atoms with Crippen molar-refractivity contribution >= 4 is 11.2 Å². The van der Waals surface area contributed by atoms with E-state index in [0.29, 0.717) is 24.3 Å². The predicted octanol–water partition coefficient (Wildman–Crippen LogP) is 2.66. The van der Waals surface area contributed by atoms with E-state index in [1.54, 1.807) is 7.05 Å². The van der Waals surface area contributed by atoms with E-state index in [1.165, 1.54) is 22.7 Å². The van der Waals surface area contributed by atoms with Gasteiger partial charge in [0.25, 0.3) is 5.56 Å². The van der Waals surface area contributed by atoms with Crippen LogP contribution in [0.15, 0.2) is 70.3 Å². The van der Waals surface area contributed by atoms with Gasteiger partial charge in [0.2, 0.25) is 0 Å². The summed E-state index contributed by atoms with van der Waals surface area (Å²) in [5.74, 6) is 0.780. The van der Waals surface area contributed by atoms with Gasteiger partial charge in [-0.25, -0.2) is 9.78 Å². The van der Waals surface area contributed by atoms with Crippen molar-refractivity contribution in [2.75, 3.05) is 0 Å². The van der Waals surface area contributed by atoms with E-state index in [-0.39, 0.29) is 11.2 Å². The van der Waals surface area contributed by atoms with Gasteiger partial charge >= 0.3 is 5.69 Å². The lowest BCUT2D eigenvalue weighted by atomic mass is 10.1. The van der Waals surface area contributed by atoms with Gasteiger partial charge in [-0.2, -0.15) is 0 Å². The molecule has 2 heterocycles. The molecule has 0 atom stereocenters. The summed E-state index contributed by atoms with van der Waals surface area (Å²) in [6.45, 7) is 4.65. The quantitative estimate of drug-likeness (QED) is 0.464. The first kappa shape index (κ1) is 20.8. The third-order valence-corrected chi connectivity index (χ3v) is 5.61. The summed E-state index contributed by atoms with van der Waals surface area (Å²) in [6.07, 6.45) is 0. The molecular formula is C24H27N5O2. The van der Waals surface area contributed by atoms with Crippen LogP contribution in [0.2, 0.25) is 0 Å². The molecule has 0 N–H and O–H groups in total. The summed E-state index contributed by atoms with van der Waals surface area (Å²) >= 11 is 0. The molecule has 0 aliphatic rings. The molecule has 0 saturated carbocycles. The Hall–Kier alpha value is -3.45. The van der Waals surface area contributed by atoms with Gasteiger partial charge < -0.3 is 4.57 Å². The Balaban J connectivity index is 1.77. The molecular weight excluding hydrogens is 390 g/mol. The highest BCUT2D eigenvalue weighted by Crippen LogP contribution is 2.17. The van der Waals surface area contributed by atoms with Crippen LogP contribution in [0.3, 0.4) is 0 Å². The van der Waals surface area contributed by atoms with Crippen LogP contribution in [-0.4, -0.2) is 23.6 Å². The van der Waals surface area contributed by atoms with Crippen LogP contribution in [0.25, 0.3) is 11.2 Å². The lowest BCUT2D eigenvalue weighted by Crippen LogP contribution is -2.37. The van der Waals surface area contributed by atoms with Crippen molar-refractivity contribution in [3.63, 3.8) is 0 Å². The second-order valence-electron chi connectivity index (χ2n) is 7.77. The highest BCUT2D eigenvalue weighted by atomic mass is 16.2. The number of benzene rings is 2. The largest absolute Gasteiger partial charge is 0.332 e. The predicted molar refractivity (Wildman–Crippen MR) is 122 cm³/mol. The van der Waals surface area contributed by atoms with Crippen LogP contribution >= 0.6 is 0 Å². The van der Waals surface area contributed by atoms with Gasteiger partial charge in [0.05, 0.1) is 6.54 Å². The number of rotatable bonds is 7. The van der Waals surface area contributed by atoms with Crippen LogP contribution in [0.5, 0.6) is 0 Å². The van der Waals surface area contributed by atoms with Gasteiger partial charge in [-0.3, -0.25) is 18.8 Å². The van der Waals surface area contributed by atoms with E-state index in [4.69, 9.17) is 4.98 Å². The molecule has 7 nitrogen and oxygen atoms in total. The first-order chi connectivity index (χ1) is 15.0. The van der Waals surface area contributed by atoms with Crippen molar-refractivity contribution < 1.29 is 0 Å². The topological polar surface area (TPSA) is 65.1 Å². The Kier molecular flexibility index (Phi) is 5.86. The molecule has 0 unspecified atom stereocenters. The van der Waals surface area contributed by atoms with Crippen molar-refractivity contribution in [3.8, 4) is 0 Å². The Morgan fingerprint density at radius 2 is 1.35 bits per heavy atom. The maximum absolute atomic E-state index is 12.8. The Morgan fingerprint density at radius 3 is 1.87 bits per heavy atom. The minimum absolute atomic E-state index is 0.309. The minimum atomic E-state index is -0.366. The Morgan fingerprint density at radius 1 is 0.806 bits per heavy atom. The third kappa shape index (κ3) is 4.09. The van der Waals surface area contributed by atoms with Crippen molar-refractivity contribution in [2.24, 2.45) is 14.1 Å². The smallest absolute Gasteiger partial charge is 0.321 e. The molecule has 31 heavy (non-hydrogen) atoms. The second-order valence-corrected chi connectivity index (χ2v) is 7.77. The maximum atomic E-state index is 12.8. The number of nitrogens with zero attached hydrogens (tertiary/aromatic N) is 5. The fraction of sp³-hybridized carbons (Fsp3) is 0.292. The SMILES string of the molecule is CCn1c(CN(Cc2ccccc2)Cc2ccccc2)nc2c1c(=O)n(C)c(=O)n2C. The average molecular weight is 418 g/mol. The van der Waals surface area contributed by atoms with Crippen LogP contribution in [-0.2, 0) is 40.3 Å². The zero-order chi connectivity index (χ0) is 22.0. The van der Waals surface area contributed by atoms with Crippen LogP contribution in [0, 0.1) is 0 Å². The van der Waals surface area contributed by atoms with Gasteiger partial charge in [0.1, 0.15) is 5.82 Å². The molecule has 160 valence electrons. The lowest BCUT2D eigenvalue weighted by molar-refractivity contribution is 0.238. The van der Waals surface area contributed by atoms with E-state index < -0.39 is 0 Å². The number of hydrogen-bond donors (Lipinski definition) is 0. The van der Waals surface area contributed by atoms with Crippen molar-refractivity contribution in [1.82, 2.24) is 23.6 Å². The summed E-state index contributed by atoms with van der Waals surface area (Å²) < 4.78 is 4.52. The van der Waals surface area contributed by atoms with Gasteiger partial charge in [-0.05, 0) is 18.1 Å². The van der Waals surface area contributed by atoms with Crippen molar-refractivity contribution in [2.45, 2.75) is 33.1 Å². The molecule has 7 heteroatoms. The fourth-order valence-corrected chi connectivity index (χ4v) is 4.00. The Bertz CT molecular complexity index is 1260. The van der Waals surface area contributed by atoms with E-state index in [1.807, 2.05) is 47.9 Å². The van der Waals surface area contributed by atoms with Crippen LogP contribution in [0.4, 0.5) is 0 Å². The number of hydrogen-bond acceptors (Lipinski definition) is 4. The zero-order valence-electron chi connectivity index (χ0n) is 18.2. The summed E-state index contributed by atoms with van der Waals surface area (Å²) in [5.41, 5.74) is 2.65. The van der Waals surface area contributed by atoms with Gasteiger partial charge in [0.15, 0.2) is 11.2 Å². The standard InChI is InChI=1S/C24H27N5O2/c1-4-29-20(25-22-21(29)23(30)27(3)24(31)26(22)2)17-28(15-18-11-7-5-8-12-18)16-19-13-9-6-10-14-19/h5-14H,4,15-17H2,1-3H3. The summed E-state index contributed by atoms with van der Waals surface area (Å²) in [7, 11) is 3.17. The highest BCUT2D eigenvalue weighted by molar-refractivity contribution is 5.71. The molecule has 0 aliphatic heterocycles. The van der Waals surface area contributed by atoms with Gasteiger partial charge in [-0.1, -0.05) is 60.7 Å². The number of aromatic nitrogens is 4. The molecule has 0 radical (unpaired) electrons. The molecule has 0 amide bonds. The monoisotopic (exact) mass is 417 g/mol. The molecule has 4 rings (SSSR count). The summed E-state index contributed by atoms with van der Waals surface area (Å²) in [4.78, 5) is 32.3. The maximum Gasteiger partial charge on any atom is 0.332 e. The minimum Gasteiger partial charge on any atom is -0.321 e. The molecule has 2 aromatic carbocycles. The first-order valence-electron chi connectivity index (χ1n) is 10.4. The van der Waals surface area contributed by atoms with Gasteiger partial charge in [-0.15, -0.1) is 0 Å². The van der Waals surface area contributed by atoms with Gasteiger partial charge in [0, 0.05) is 33.7 Å². The molecule has 4 aromatic rings. The van der Waals surface area contributed by atoms with E-state index in [9.17, 15) is 9.59 Å². The van der Waals surface area contributed by atoms with E-state index in [2.05, 4.69) is 29.2 Å². The van der Waals surface area contributed by atoms with Crippen molar-refractivity contribution in [1.29, 1.82) is 0 Å². The average Bonchev–Trinajstić information content (AvgIpc) is 3.16. The van der Waals surface area contributed by atoms with E-state index >= 15 is 0 Å². The normalized spacial score (nSPS) is 11.5. The number of imidazole rings is 1. The van der Waals surface area contributed by atoms with E-state index in [0.717, 1.165) is 23.5 Å². The number of fused-ring (bicyclic) bond motifs is 1. The number of aryl methyl sites for hydroxylation is 2. The second kappa shape index (κ2) is 8.73. The third-order valence-electron chi connectivity index (χ3n) is 5.61. The molecule has 0 bridgehead atoms. The van der Waals surface area contributed by atoms with Crippen molar-refractivity contribution in [3.05, 3.63) is 98.5 Å². The molecule has 0 spiro atoms. The molecule has 0 aliphatic carbocycles. The van der Waals surface area contributed by atoms with Crippen LogP contribution < -0.4 is 11.2 Å². The molecule has 0 fully saturated rings. The summed E-state index contributed by atoms with van der Waals surface area (Å²) in [5, 5.41) is 0. The highest BCUT2D eigenvalue weighted by Gasteiger charge is 2.20. The molecule has 0 saturated heterocycles. The fourth-order valence-electron chi connectivity index (χ4n) is 4.00. The van der Waals surface area contributed by atoms with Crippen LogP contribution in [0.1, 0.15) is 23.9 Å². The summed E-state index contributed by atoms with van der Waals surface area (Å²) in [6, 6.07) is 20.6. The zero-order valence-corrected chi connectivity index (χ0v) is 18.2. The lowest BCUT2D eigenvalue weighted by Gasteiger charge is -2.22. The first-order valence-corrected chi connectivity index (χ1v) is 10.4. The molecule has 2 aromatic heterocycles. The Labute approximate surface area is 180 Å².